The fourth-order valence-electron chi connectivity index (χ4n) is 2.22. The summed E-state index contributed by atoms with van der Waals surface area (Å²) in [6.07, 6.45) is 4.71. The molecule has 0 aromatic heterocycles. The Morgan fingerprint density at radius 2 is 2.04 bits per heavy atom. The van der Waals surface area contributed by atoms with E-state index in [1.165, 1.54) is 25.3 Å². The van der Waals surface area contributed by atoms with Crippen LogP contribution in [0.4, 0.5) is 5.69 Å². The van der Waals surface area contributed by atoms with Crippen molar-refractivity contribution in [1.82, 2.24) is 10.6 Å². The third-order valence-electron chi connectivity index (χ3n) is 3.48. The molecule has 1 rings (SSSR count). The number of nitrogens with zero attached hydrogens (tertiary/aromatic N) is 2. The molecule has 0 saturated heterocycles. The fraction of sp³-hybridized carbons (Fsp3) is 0.562. The van der Waals surface area contributed by atoms with Crippen LogP contribution >= 0.6 is 24.0 Å². The van der Waals surface area contributed by atoms with E-state index in [0.29, 0.717) is 24.1 Å². The van der Waals surface area contributed by atoms with Crippen LogP contribution in [0.15, 0.2) is 29.3 Å². The molecule has 0 aliphatic carbocycles. The molecule has 6 nitrogen and oxygen atoms in total. The lowest BCUT2D eigenvalue weighted by atomic mass is 10.1. The molecule has 130 valence electrons. The summed E-state index contributed by atoms with van der Waals surface area (Å²) in [5.74, 6) is 0.669. The molecule has 7 heteroatoms. The number of nitrogens with one attached hydrogen (secondary N) is 2. The molecule has 23 heavy (non-hydrogen) atoms. The number of aliphatic imine (C=N–C) groups is 1. The summed E-state index contributed by atoms with van der Waals surface area (Å²) in [6.45, 7) is 4.68. The first-order valence-electron chi connectivity index (χ1n) is 7.78. The summed E-state index contributed by atoms with van der Waals surface area (Å²) < 4.78 is 0. The minimum atomic E-state index is -0.361. The van der Waals surface area contributed by atoms with Crippen molar-refractivity contribution in [3.63, 3.8) is 0 Å². The zero-order chi connectivity index (χ0) is 16.4. The average Bonchev–Trinajstić information content (AvgIpc) is 2.51. The minimum Gasteiger partial charge on any atom is -0.354 e. The lowest BCUT2D eigenvalue weighted by molar-refractivity contribution is -0.385. The third kappa shape index (κ3) is 8.15. The van der Waals surface area contributed by atoms with Gasteiger partial charge in [-0.25, -0.2) is 0 Å². The van der Waals surface area contributed by atoms with Gasteiger partial charge in [0.25, 0.3) is 5.69 Å². The van der Waals surface area contributed by atoms with E-state index in [4.69, 9.17) is 0 Å². The molecule has 0 saturated carbocycles. The lowest BCUT2D eigenvalue weighted by Crippen LogP contribution is -2.41. The Hall–Kier alpha value is -1.38. The number of nitro groups is 1. The van der Waals surface area contributed by atoms with Crippen molar-refractivity contribution in [2.24, 2.45) is 4.99 Å². The normalized spacial score (nSPS) is 12.2. The number of hydrogen-bond donors (Lipinski definition) is 2. The molecule has 0 aliphatic rings. The standard InChI is InChI=1S/C16H26N4O2.HI/c1-4-5-6-9-13(2)19-16(17-3)18-12-14-10-7-8-11-15(14)20(21)22;/h7-8,10-11,13H,4-6,9,12H2,1-3H3,(H2,17,18,19);1H. The van der Waals surface area contributed by atoms with Crippen LogP contribution in [0.2, 0.25) is 0 Å². The first-order chi connectivity index (χ1) is 10.6. The van der Waals surface area contributed by atoms with Gasteiger partial charge in [-0.05, 0) is 13.3 Å². The number of guanidine groups is 1. The molecule has 0 heterocycles. The van der Waals surface area contributed by atoms with Crippen LogP contribution in [0.25, 0.3) is 0 Å². The van der Waals surface area contributed by atoms with Crippen LogP contribution < -0.4 is 10.6 Å². The van der Waals surface area contributed by atoms with Crippen LogP contribution in [0.3, 0.4) is 0 Å². The van der Waals surface area contributed by atoms with Crippen molar-refractivity contribution >= 4 is 35.6 Å². The highest BCUT2D eigenvalue weighted by molar-refractivity contribution is 14.0. The third-order valence-corrected chi connectivity index (χ3v) is 3.48. The number of benzene rings is 1. The number of hydrogen-bond acceptors (Lipinski definition) is 3. The van der Waals surface area contributed by atoms with Crippen LogP contribution in [0, 0.1) is 10.1 Å². The predicted octanol–water partition coefficient (Wildman–Crippen LogP) is 3.85. The number of halogens is 1. The van der Waals surface area contributed by atoms with E-state index in [2.05, 4.69) is 29.5 Å². The Labute approximate surface area is 155 Å². The van der Waals surface area contributed by atoms with Crippen molar-refractivity contribution < 1.29 is 4.92 Å². The second-order valence-electron chi connectivity index (χ2n) is 5.35. The molecule has 1 aromatic rings. The van der Waals surface area contributed by atoms with E-state index >= 15 is 0 Å². The Balaban J connectivity index is 0.00000484. The van der Waals surface area contributed by atoms with Crippen molar-refractivity contribution in [2.45, 2.75) is 52.1 Å². The van der Waals surface area contributed by atoms with Gasteiger partial charge >= 0.3 is 0 Å². The van der Waals surface area contributed by atoms with E-state index in [-0.39, 0.29) is 34.6 Å². The van der Waals surface area contributed by atoms with Gasteiger partial charge < -0.3 is 10.6 Å². The highest BCUT2D eigenvalue weighted by atomic mass is 127. The molecule has 1 aromatic carbocycles. The molecule has 2 N–H and O–H groups in total. The van der Waals surface area contributed by atoms with Crippen molar-refractivity contribution in [2.75, 3.05) is 7.05 Å². The zero-order valence-electron chi connectivity index (χ0n) is 14.0. The monoisotopic (exact) mass is 434 g/mol. The molecular formula is C16H27IN4O2. The van der Waals surface area contributed by atoms with Gasteiger partial charge in [-0.1, -0.05) is 44.4 Å². The molecule has 0 radical (unpaired) electrons. The van der Waals surface area contributed by atoms with Crippen molar-refractivity contribution in [1.29, 1.82) is 0 Å². The molecule has 1 atom stereocenters. The van der Waals surface area contributed by atoms with Gasteiger partial charge in [-0.3, -0.25) is 15.1 Å². The maximum atomic E-state index is 11.0. The van der Waals surface area contributed by atoms with E-state index in [1.807, 2.05) is 0 Å². The van der Waals surface area contributed by atoms with Crippen LogP contribution in [-0.4, -0.2) is 24.0 Å². The summed E-state index contributed by atoms with van der Waals surface area (Å²) in [5.41, 5.74) is 0.774. The van der Waals surface area contributed by atoms with E-state index in [9.17, 15) is 10.1 Å². The van der Waals surface area contributed by atoms with E-state index < -0.39 is 0 Å². The second-order valence-corrected chi connectivity index (χ2v) is 5.35. The van der Waals surface area contributed by atoms with Crippen LogP contribution in [-0.2, 0) is 6.54 Å². The predicted molar refractivity (Wildman–Crippen MR) is 105 cm³/mol. The number of nitro benzene ring substituents is 1. The number of para-hydroxylation sites is 1. The maximum Gasteiger partial charge on any atom is 0.274 e. The Kier molecular flexibility index (Phi) is 11.4. The van der Waals surface area contributed by atoms with Crippen molar-refractivity contribution in [3.8, 4) is 0 Å². The quantitative estimate of drug-likeness (QED) is 0.163. The van der Waals surface area contributed by atoms with Gasteiger partial charge in [0, 0.05) is 31.3 Å². The average molecular weight is 434 g/mol. The molecule has 0 amide bonds. The van der Waals surface area contributed by atoms with E-state index in [1.54, 1.807) is 25.2 Å². The zero-order valence-corrected chi connectivity index (χ0v) is 16.4. The molecule has 0 aliphatic heterocycles. The summed E-state index contributed by atoms with van der Waals surface area (Å²) in [7, 11) is 1.70. The summed E-state index contributed by atoms with van der Waals surface area (Å²) in [5, 5.41) is 17.4. The molecule has 0 fully saturated rings. The first kappa shape index (κ1) is 21.6. The fourth-order valence-corrected chi connectivity index (χ4v) is 2.22. The molecule has 1 unspecified atom stereocenters. The number of rotatable bonds is 8. The van der Waals surface area contributed by atoms with Gasteiger partial charge in [0.05, 0.1) is 4.92 Å². The highest BCUT2D eigenvalue weighted by Crippen LogP contribution is 2.17. The molecular weight excluding hydrogens is 407 g/mol. The Bertz CT molecular complexity index is 509. The minimum absolute atomic E-state index is 0. The van der Waals surface area contributed by atoms with Gasteiger partial charge in [0.1, 0.15) is 0 Å². The van der Waals surface area contributed by atoms with Gasteiger partial charge in [0.2, 0.25) is 0 Å². The van der Waals surface area contributed by atoms with Gasteiger partial charge in [0.15, 0.2) is 5.96 Å². The maximum absolute atomic E-state index is 11.0. The number of unbranched alkanes of at least 4 members (excludes halogenated alkanes) is 2. The Morgan fingerprint density at radius 3 is 2.65 bits per heavy atom. The van der Waals surface area contributed by atoms with Crippen LogP contribution in [0.1, 0.15) is 45.1 Å². The van der Waals surface area contributed by atoms with Gasteiger partial charge in [-0.2, -0.15) is 0 Å². The molecule has 0 spiro atoms. The first-order valence-corrected chi connectivity index (χ1v) is 7.78. The molecule has 0 bridgehead atoms. The highest BCUT2D eigenvalue weighted by Gasteiger charge is 2.12. The summed E-state index contributed by atoms with van der Waals surface area (Å²) >= 11 is 0. The van der Waals surface area contributed by atoms with E-state index in [0.717, 1.165) is 6.42 Å². The van der Waals surface area contributed by atoms with Crippen molar-refractivity contribution in [3.05, 3.63) is 39.9 Å². The van der Waals surface area contributed by atoms with Gasteiger partial charge in [-0.15, -0.1) is 24.0 Å². The second kappa shape index (κ2) is 12.1. The Morgan fingerprint density at radius 1 is 1.35 bits per heavy atom. The van der Waals surface area contributed by atoms with Crippen LogP contribution in [0.5, 0.6) is 0 Å². The summed E-state index contributed by atoms with van der Waals surface area (Å²) in [4.78, 5) is 14.8. The SMILES string of the molecule is CCCCCC(C)NC(=NC)NCc1ccccc1[N+](=O)[O-].I. The topological polar surface area (TPSA) is 79.6 Å². The lowest BCUT2D eigenvalue weighted by Gasteiger charge is -2.17. The largest absolute Gasteiger partial charge is 0.354 e. The summed E-state index contributed by atoms with van der Waals surface area (Å²) in [6, 6.07) is 7.06. The smallest absolute Gasteiger partial charge is 0.274 e.